The second kappa shape index (κ2) is 38.2. The maximum atomic E-state index is 18.2. The van der Waals surface area contributed by atoms with Gasteiger partial charge in [-0.3, -0.25) is 9.59 Å². The van der Waals surface area contributed by atoms with Gasteiger partial charge in [0.1, 0.15) is 0 Å². The number of nitrogens with zero attached hydrogens (tertiary/aromatic N) is 4. The van der Waals surface area contributed by atoms with Crippen LogP contribution in [0.1, 0.15) is 247 Å². The van der Waals surface area contributed by atoms with Gasteiger partial charge in [0, 0.05) is 66.1 Å². The maximum absolute atomic E-state index is 18.2. The number of hydrogen-bond donors (Lipinski definition) is 0. The molecule has 21 aromatic rings. The molecular weight excluding hydrogens is 1780 g/mol. The first-order valence-corrected chi connectivity index (χ1v) is 50.9. The van der Waals surface area contributed by atoms with E-state index in [4.69, 9.17) is 19.9 Å². The van der Waals surface area contributed by atoms with Gasteiger partial charge in [-0.05, 0) is 257 Å². The number of hydrogen-bond acceptors (Lipinski definition) is 2. The summed E-state index contributed by atoms with van der Waals surface area (Å²) in [6, 6.07) is 87.8. The van der Waals surface area contributed by atoms with E-state index in [1.54, 1.807) is 0 Å². The molecule has 0 aliphatic rings. The fourth-order valence-corrected chi connectivity index (χ4v) is 22.2. The van der Waals surface area contributed by atoms with Crippen molar-refractivity contribution in [1.29, 1.82) is 0 Å². The van der Waals surface area contributed by atoms with Crippen LogP contribution in [0.2, 0.25) is 0 Å². The topological polar surface area (TPSA) is 90.5 Å². The predicted octanol–water partition coefficient (Wildman–Crippen LogP) is 36.1. The smallest absolute Gasteiger partial charge is 0.630 e. The summed E-state index contributed by atoms with van der Waals surface area (Å²) in [6.45, 7) is 76.2. The molecule has 6 nitrogen and oxygen atoms in total. The summed E-state index contributed by atoms with van der Waals surface area (Å²) in [5, 5.41) is 10.5. The van der Waals surface area contributed by atoms with E-state index in [1.807, 2.05) is 72.8 Å². The van der Waals surface area contributed by atoms with E-state index in [0.717, 1.165) is 199 Å². The largest absolute Gasteiger partial charge is 2.00 e. The predicted molar refractivity (Wildman–Crippen MR) is 616 cm³/mol. The summed E-state index contributed by atoms with van der Waals surface area (Å²) in [5.41, 5.74) is 38.7. The van der Waals surface area contributed by atoms with E-state index in [9.17, 15) is 0 Å². The Morgan fingerprint density at radius 2 is 0.413 bits per heavy atom. The quantitative estimate of drug-likeness (QED) is 0.122. The Hall–Kier alpha value is -13.2. The van der Waals surface area contributed by atoms with Gasteiger partial charge in [0.15, 0.2) is 10.9 Å². The van der Waals surface area contributed by atoms with Gasteiger partial charge < -0.3 is 19.9 Å². The number of rotatable bonds is 6. The first-order chi connectivity index (χ1) is 66.7. The molecule has 0 saturated heterocycles. The normalized spacial score (nSPS) is 12.3. The zero-order valence-corrected chi connectivity index (χ0v) is 92.0. The van der Waals surface area contributed by atoms with Gasteiger partial charge in [0.2, 0.25) is 0 Å². The fraction of sp³-hybridized carbons (Fsp3) is 0.294. The van der Waals surface area contributed by atoms with E-state index in [2.05, 4.69) is 405 Å². The van der Waals surface area contributed by atoms with Crippen molar-refractivity contribution in [2.24, 2.45) is 0 Å². The minimum Gasteiger partial charge on any atom is -0.630 e. The minimum absolute atomic E-state index is 0. The van der Waals surface area contributed by atoms with Crippen LogP contribution in [-0.2, 0) is 49.0 Å². The molecule has 0 aliphatic carbocycles. The molecule has 5 heterocycles. The van der Waals surface area contributed by atoms with Crippen molar-refractivity contribution >= 4 is 109 Å². The number of aromatic nitrogens is 4. The van der Waals surface area contributed by atoms with Crippen LogP contribution in [0.25, 0.3) is 176 Å². The summed E-state index contributed by atoms with van der Waals surface area (Å²) in [6.07, 6.45) is 0. The molecule has 0 N–H and O–H groups in total. The van der Waals surface area contributed by atoms with Crippen LogP contribution in [0, 0.1) is 111 Å². The molecule has 21 rings (SSSR count). The first kappa shape index (κ1) is 103. The third-order valence-corrected chi connectivity index (χ3v) is 29.3. The standard InChI is InChI=1S/C108H112N4O2.4C7H8.Ni/c1-51-31-55(5)79(56(6)32-51)87-71-45-69(107(25,26)27)47-73-85(71)91-95-75(87)49-77(109-95)83(63-39-65(103(13,14)15)43-66(40-63)104(16,17)18)99-102(114)94-90(82-61(11)37-54(4)38-62(82)12)74-48-70(108(28,29)30)46-72-86(74)92(98(94)112-99)96-76(88(72)80-57(7)33-52(2)34-58(80)8)50-78(110-96)84(64-41-67(105(19,20)21)44-68(42-64)106(22,23)24)100-101(113)93(97(91)111-100)89(73)81-59(9)35-53(3)36-60(81)10;4*1-7-5-3-2-4-6-7;/h31-50H,1-30H3,(H2-2,109,110,111,112,113,114);4*2-6H,1H3;/q;;;;;+2/p-2. The fourth-order valence-electron chi connectivity index (χ4n) is 22.2. The summed E-state index contributed by atoms with van der Waals surface area (Å²) in [7, 11) is 0. The molecule has 143 heavy (non-hydrogen) atoms. The Kier molecular flexibility index (Phi) is 27.4. The molecule has 0 radical (unpaired) electrons. The minimum atomic E-state index is -0.375. The molecule has 8 bridgehead atoms. The molecule has 5 aromatic heterocycles. The molecule has 7 heteroatoms. The monoisotopic (exact) mass is 1920 g/mol. The Bertz CT molecular complexity index is 7940. The van der Waals surface area contributed by atoms with E-state index >= 15 is 9.59 Å². The number of fused-ring (bicyclic) bond motifs is 4. The summed E-state index contributed by atoms with van der Waals surface area (Å²) in [4.78, 5) is 61.6. The molecule has 0 atom stereocenters. The molecule has 0 unspecified atom stereocenters. The Balaban J connectivity index is 0.000000436. The Labute approximate surface area is 859 Å². The van der Waals surface area contributed by atoms with Gasteiger partial charge in [0.05, 0.1) is 54.2 Å². The maximum Gasteiger partial charge on any atom is 2.00 e. The van der Waals surface area contributed by atoms with Crippen molar-refractivity contribution < 1.29 is 16.5 Å². The van der Waals surface area contributed by atoms with Crippen LogP contribution in [0.3, 0.4) is 0 Å². The van der Waals surface area contributed by atoms with Gasteiger partial charge in [-0.2, -0.15) is 0 Å². The van der Waals surface area contributed by atoms with E-state index in [0.29, 0.717) is 66.0 Å². The van der Waals surface area contributed by atoms with Gasteiger partial charge in [-0.15, -0.1) is 11.0 Å². The molecule has 0 amide bonds. The van der Waals surface area contributed by atoms with Crippen molar-refractivity contribution in [3.63, 3.8) is 0 Å². The van der Waals surface area contributed by atoms with Crippen molar-refractivity contribution in [3.8, 4) is 66.8 Å². The third kappa shape index (κ3) is 19.4. The second-order valence-corrected chi connectivity index (χ2v) is 47.5. The van der Waals surface area contributed by atoms with Crippen molar-refractivity contribution in [3.05, 3.63) is 385 Å². The van der Waals surface area contributed by atoms with E-state index in [1.165, 1.54) is 33.4 Å². The molecule has 0 aliphatic heterocycles. The van der Waals surface area contributed by atoms with Crippen LogP contribution in [0.4, 0.5) is 0 Å². The van der Waals surface area contributed by atoms with Crippen LogP contribution in [0.5, 0.6) is 0 Å². The van der Waals surface area contributed by atoms with Crippen LogP contribution < -0.4 is 30.8 Å². The van der Waals surface area contributed by atoms with Crippen molar-refractivity contribution in [2.75, 3.05) is 0 Å². The second-order valence-electron chi connectivity index (χ2n) is 47.5. The zero-order chi connectivity index (χ0) is 102. The zero-order valence-electron chi connectivity index (χ0n) is 91.0. The Morgan fingerprint density at radius 1 is 0.203 bits per heavy atom. The van der Waals surface area contributed by atoms with Gasteiger partial charge in [-0.25, -0.2) is 0 Å². The molecular formula is C136H142N4NiO2. The summed E-state index contributed by atoms with van der Waals surface area (Å²) >= 11 is 0. The molecule has 0 spiro atoms. The van der Waals surface area contributed by atoms with E-state index < -0.39 is 0 Å². The molecule has 728 valence electrons. The van der Waals surface area contributed by atoms with Crippen LogP contribution in [0.15, 0.2) is 252 Å². The number of aryl methyl sites for hydroxylation is 16. The number of benzene rings is 16. The first-order valence-electron chi connectivity index (χ1n) is 50.9. The third-order valence-electron chi connectivity index (χ3n) is 29.3. The molecule has 0 fully saturated rings. The molecule has 16 aromatic carbocycles. The van der Waals surface area contributed by atoms with Gasteiger partial charge >= 0.3 is 16.5 Å². The average Bonchev–Trinajstić information content (AvgIpc) is 1.65. The Morgan fingerprint density at radius 3 is 0.622 bits per heavy atom. The van der Waals surface area contributed by atoms with Gasteiger partial charge in [-0.1, -0.05) is 421 Å². The average molecular weight is 1920 g/mol. The van der Waals surface area contributed by atoms with Crippen molar-refractivity contribution in [1.82, 2.24) is 19.9 Å². The van der Waals surface area contributed by atoms with Crippen LogP contribution in [-0.4, -0.2) is 0 Å². The van der Waals surface area contributed by atoms with E-state index in [-0.39, 0.29) is 59.8 Å². The van der Waals surface area contributed by atoms with Crippen molar-refractivity contribution in [2.45, 2.75) is 268 Å². The van der Waals surface area contributed by atoms with Gasteiger partial charge in [0.25, 0.3) is 0 Å². The van der Waals surface area contributed by atoms with Crippen LogP contribution >= 0.6 is 0 Å². The molecule has 0 saturated carbocycles. The summed E-state index contributed by atoms with van der Waals surface area (Å²) < 4.78 is 0. The SMILES string of the molecule is Cc1cc(C)c(-c2c3cc4[n-]c3c3c5[n-]c(c(-c6cc(C(C)(C)C)cc(C(C)(C)C)c6)c6cc7c(-c8c(C)cc(C)cc8C)c8cc(C(C)(C)C)cc9c(-c%10c(C)cc(C)cc%10C)c%10c(=O)c([n-]c%10c(c7[n-]6)[c+]89)c4-c4cc(C(C)(C)C)cc(C(C)(C)C)c4)c(=O)c5c(-c4c(C)cc(C)cc4C)c4cc(C(C)(C)C)cc2[c+]43)c(C)c1.Cc1ccccc1.Cc1ccccc1.Cc1ccccc1.Cc1ccccc1.[Ni+2]. The summed E-state index contributed by atoms with van der Waals surface area (Å²) in [5.74, 6) is 0.